The van der Waals surface area contributed by atoms with Gasteiger partial charge in [-0.25, -0.2) is 0 Å². The van der Waals surface area contributed by atoms with E-state index in [1.54, 1.807) is 62.6 Å². The standard InChI is InChI=1S/C21H21N3O5/c1-23(2)20(27)13-29-17-9-5-15(6-10-17)22-21(28)14-3-7-16(8-4-14)24-18(25)11-12-19(24)26/h3-10H,11-13H2,1-2H3,(H,22,28). The summed E-state index contributed by atoms with van der Waals surface area (Å²) in [6.45, 7) is -0.0624. The number of rotatable bonds is 6. The number of likely N-dealkylation sites (N-methyl/N-ethyl adjacent to an activating group) is 1. The van der Waals surface area contributed by atoms with Gasteiger partial charge < -0.3 is 15.0 Å². The monoisotopic (exact) mass is 395 g/mol. The minimum atomic E-state index is -0.327. The fraction of sp³-hybridized carbons (Fsp3) is 0.238. The van der Waals surface area contributed by atoms with Crippen LogP contribution in [0.2, 0.25) is 0 Å². The molecule has 4 amide bonds. The van der Waals surface area contributed by atoms with Crippen molar-refractivity contribution in [1.29, 1.82) is 0 Å². The van der Waals surface area contributed by atoms with Crippen LogP contribution in [0, 0.1) is 0 Å². The van der Waals surface area contributed by atoms with Gasteiger partial charge in [-0.1, -0.05) is 0 Å². The van der Waals surface area contributed by atoms with Crippen LogP contribution in [0.3, 0.4) is 0 Å². The number of hydrogen-bond acceptors (Lipinski definition) is 5. The minimum Gasteiger partial charge on any atom is -0.484 e. The molecule has 3 rings (SSSR count). The molecule has 1 aliphatic rings. The lowest BCUT2D eigenvalue weighted by Crippen LogP contribution is -2.28. The predicted octanol–water partition coefficient (Wildman–Crippen LogP) is 2.06. The Hall–Kier alpha value is -3.68. The van der Waals surface area contributed by atoms with E-state index in [0.717, 1.165) is 4.90 Å². The van der Waals surface area contributed by atoms with E-state index in [1.807, 2.05) is 0 Å². The normalized spacial score (nSPS) is 13.4. The molecule has 0 bridgehead atoms. The highest BCUT2D eigenvalue weighted by atomic mass is 16.5. The van der Waals surface area contributed by atoms with E-state index in [0.29, 0.717) is 22.7 Å². The van der Waals surface area contributed by atoms with Gasteiger partial charge in [0.1, 0.15) is 5.75 Å². The first kappa shape index (κ1) is 20.1. The average Bonchev–Trinajstić information content (AvgIpc) is 3.05. The van der Waals surface area contributed by atoms with Crippen molar-refractivity contribution in [2.45, 2.75) is 12.8 Å². The summed E-state index contributed by atoms with van der Waals surface area (Å²) in [6, 6.07) is 12.9. The minimum absolute atomic E-state index is 0.0624. The SMILES string of the molecule is CN(C)C(=O)COc1ccc(NC(=O)c2ccc(N3C(=O)CCC3=O)cc2)cc1. The molecular weight excluding hydrogens is 374 g/mol. The number of amides is 4. The van der Waals surface area contributed by atoms with Crippen LogP contribution in [-0.2, 0) is 14.4 Å². The van der Waals surface area contributed by atoms with Gasteiger partial charge in [-0.2, -0.15) is 0 Å². The first-order valence-electron chi connectivity index (χ1n) is 9.05. The Morgan fingerprint density at radius 3 is 2.10 bits per heavy atom. The van der Waals surface area contributed by atoms with E-state index in [9.17, 15) is 19.2 Å². The van der Waals surface area contributed by atoms with E-state index < -0.39 is 0 Å². The summed E-state index contributed by atoms with van der Waals surface area (Å²) in [5.41, 5.74) is 1.42. The van der Waals surface area contributed by atoms with E-state index in [-0.39, 0.29) is 43.1 Å². The first-order chi connectivity index (χ1) is 13.8. The second-order valence-electron chi connectivity index (χ2n) is 6.73. The number of hydrogen-bond donors (Lipinski definition) is 1. The Morgan fingerprint density at radius 2 is 1.55 bits per heavy atom. The number of carbonyl (C=O) groups excluding carboxylic acids is 4. The zero-order valence-electron chi connectivity index (χ0n) is 16.2. The highest BCUT2D eigenvalue weighted by molar-refractivity contribution is 6.20. The molecule has 1 N–H and O–H groups in total. The van der Waals surface area contributed by atoms with Crippen LogP contribution in [0.5, 0.6) is 5.75 Å². The zero-order valence-corrected chi connectivity index (χ0v) is 16.2. The summed E-state index contributed by atoms with van der Waals surface area (Å²) in [6.07, 6.45) is 0.425. The van der Waals surface area contributed by atoms with Gasteiger partial charge in [-0.3, -0.25) is 24.1 Å². The Morgan fingerprint density at radius 1 is 0.966 bits per heavy atom. The third-order valence-corrected chi connectivity index (χ3v) is 4.41. The maximum Gasteiger partial charge on any atom is 0.259 e. The molecule has 0 unspecified atom stereocenters. The summed E-state index contributed by atoms with van der Waals surface area (Å²) in [4.78, 5) is 50.1. The van der Waals surface area contributed by atoms with Gasteiger partial charge in [-0.05, 0) is 48.5 Å². The Bertz CT molecular complexity index is 920. The molecule has 29 heavy (non-hydrogen) atoms. The predicted molar refractivity (Wildman–Crippen MR) is 107 cm³/mol. The van der Waals surface area contributed by atoms with Crippen LogP contribution >= 0.6 is 0 Å². The lowest BCUT2D eigenvalue weighted by Gasteiger charge is -2.14. The van der Waals surface area contributed by atoms with Gasteiger partial charge in [0.05, 0.1) is 5.69 Å². The molecule has 2 aromatic carbocycles. The molecule has 1 saturated heterocycles. The summed E-state index contributed by atoms with van der Waals surface area (Å²) in [5, 5.41) is 2.76. The number of nitrogens with zero attached hydrogens (tertiary/aromatic N) is 2. The fourth-order valence-electron chi connectivity index (χ4n) is 2.74. The van der Waals surface area contributed by atoms with Gasteiger partial charge in [-0.15, -0.1) is 0 Å². The molecule has 150 valence electrons. The molecule has 0 aliphatic carbocycles. The maximum absolute atomic E-state index is 12.4. The smallest absolute Gasteiger partial charge is 0.259 e. The Balaban J connectivity index is 1.59. The van der Waals surface area contributed by atoms with Crippen molar-refractivity contribution in [2.24, 2.45) is 0 Å². The van der Waals surface area contributed by atoms with Crippen molar-refractivity contribution in [1.82, 2.24) is 4.90 Å². The molecule has 2 aromatic rings. The maximum atomic E-state index is 12.4. The van der Waals surface area contributed by atoms with Crippen LogP contribution in [0.25, 0.3) is 0 Å². The number of carbonyl (C=O) groups is 4. The number of ether oxygens (including phenoxy) is 1. The largest absolute Gasteiger partial charge is 0.484 e. The molecular formula is C21H21N3O5. The van der Waals surface area contributed by atoms with E-state index in [4.69, 9.17) is 4.74 Å². The van der Waals surface area contributed by atoms with Gasteiger partial charge in [0, 0.05) is 38.2 Å². The zero-order chi connectivity index (χ0) is 21.0. The number of benzene rings is 2. The van der Waals surface area contributed by atoms with E-state index >= 15 is 0 Å². The van der Waals surface area contributed by atoms with Crippen LogP contribution < -0.4 is 15.0 Å². The topological polar surface area (TPSA) is 96.0 Å². The van der Waals surface area contributed by atoms with Crippen molar-refractivity contribution < 1.29 is 23.9 Å². The molecule has 0 spiro atoms. The van der Waals surface area contributed by atoms with E-state index in [2.05, 4.69) is 5.32 Å². The highest BCUT2D eigenvalue weighted by Crippen LogP contribution is 2.23. The molecule has 8 heteroatoms. The van der Waals surface area contributed by atoms with Crippen molar-refractivity contribution in [3.05, 3.63) is 54.1 Å². The second-order valence-corrected chi connectivity index (χ2v) is 6.73. The van der Waals surface area contributed by atoms with Gasteiger partial charge >= 0.3 is 0 Å². The molecule has 1 heterocycles. The van der Waals surface area contributed by atoms with Crippen molar-refractivity contribution in [3.8, 4) is 5.75 Å². The van der Waals surface area contributed by atoms with Crippen LogP contribution in [0.4, 0.5) is 11.4 Å². The fourth-order valence-corrected chi connectivity index (χ4v) is 2.74. The molecule has 0 saturated carbocycles. The van der Waals surface area contributed by atoms with Crippen molar-refractivity contribution in [3.63, 3.8) is 0 Å². The number of imide groups is 1. The lowest BCUT2D eigenvalue weighted by molar-refractivity contribution is -0.130. The van der Waals surface area contributed by atoms with Crippen LogP contribution in [-0.4, -0.2) is 49.2 Å². The molecule has 0 atom stereocenters. The summed E-state index contributed by atoms with van der Waals surface area (Å²) in [5.74, 6) is -0.429. The van der Waals surface area contributed by atoms with E-state index in [1.165, 1.54) is 4.90 Å². The molecule has 1 aliphatic heterocycles. The Labute approximate surface area is 168 Å². The molecule has 0 radical (unpaired) electrons. The van der Waals surface area contributed by atoms with Gasteiger partial charge in [0.25, 0.3) is 11.8 Å². The molecule has 8 nitrogen and oxygen atoms in total. The Kier molecular flexibility index (Phi) is 5.92. The number of anilines is 2. The highest BCUT2D eigenvalue weighted by Gasteiger charge is 2.30. The summed E-state index contributed by atoms with van der Waals surface area (Å²) < 4.78 is 5.39. The lowest BCUT2D eigenvalue weighted by atomic mass is 10.1. The summed E-state index contributed by atoms with van der Waals surface area (Å²) >= 11 is 0. The number of nitrogens with one attached hydrogen (secondary N) is 1. The second kappa shape index (κ2) is 8.55. The van der Waals surface area contributed by atoms with Crippen molar-refractivity contribution in [2.75, 3.05) is 30.9 Å². The molecule has 1 fully saturated rings. The van der Waals surface area contributed by atoms with Gasteiger partial charge in [0.15, 0.2) is 6.61 Å². The first-order valence-corrected chi connectivity index (χ1v) is 9.05. The van der Waals surface area contributed by atoms with Crippen LogP contribution in [0.15, 0.2) is 48.5 Å². The van der Waals surface area contributed by atoms with Crippen LogP contribution in [0.1, 0.15) is 23.2 Å². The molecule has 0 aromatic heterocycles. The quantitative estimate of drug-likeness (QED) is 0.756. The van der Waals surface area contributed by atoms with Crippen molar-refractivity contribution >= 4 is 35.0 Å². The third kappa shape index (κ3) is 4.78. The van der Waals surface area contributed by atoms with Gasteiger partial charge in [0.2, 0.25) is 11.8 Å². The third-order valence-electron chi connectivity index (χ3n) is 4.41. The summed E-state index contributed by atoms with van der Waals surface area (Å²) in [7, 11) is 3.30. The average molecular weight is 395 g/mol.